The van der Waals surface area contributed by atoms with Crippen molar-refractivity contribution in [2.24, 2.45) is 0 Å². The number of hydrogen-bond donors (Lipinski definition) is 0. The van der Waals surface area contributed by atoms with Gasteiger partial charge in [-0.1, -0.05) is 48.5 Å². The fourth-order valence-corrected chi connectivity index (χ4v) is 4.07. The van der Waals surface area contributed by atoms with E-state index in [0.29, 0.717) is 35.7 Å². The van der Waals surface area contributed by atoms with Crippen molar-refractivity contribution >= 4 is 28.1 Å². The van der Waals surface area contributed by atoms with Crippen LogP contribution in [-0.4, -0.2) is 12.0 Å². The Kier molecular flexibility index (Phi) is 7.42. The third-order valence-corrected chi connectivity index (χ3v) is 5.81. The highest BCUT2D eigenvalue weighted by Crippen LogP contribution is 2.36. The molecule has 36 heavy (non-hydrogen) atoms. The van der Waals surface area contributed by atoms with Crippen molar-refractivity contribution in [3.05, 3.63) is 124 Å². The number of ether oxygens (including phenoxy) is 2. The van der Waals surface area contributed by atoms with Crippen molar-refractivity contribution in [3.8, 4) is 17.6 Å². The van der Waals surface area contributed by atoms with Crippen molar-refractivity contribution in [1.82, 2.24) is 0 Å². The molecule has 0 amide bonds. The number of methoxy groups -OCH3 is 1. The van der Waals surface area contributed by atoms with Crippen LogP contribution in [-0.2, 0) is 13.0 Å². The number of nitro benzene ring substituents is 1. The highest BCUT2D eigenvalue weighted by molar-refractivity contribution is 5.90. The van der Waals surface area contributed by atoms with Crippen LogP contribution in [0.4, 0.5) is 5.69 Å². The second-order valence-electron chi connectivity index (χ2n) is 8.10. The Bertz CT molecular complexity index is 1490. The molecule has 4 rings (SSSR count). The summed E-state index contributed by atoms with van der Waals surface area (Å²) in [7, 11) is 1.58. The molecule has 0 radical (unpaired) electrons. The third kappa shape index (κ3) is 5.26. The van der Waals surface area contributed by atoms with Gasteiger partial charge in [0, 0.05) is 17.7 Å². The molecule has 0 heterocycles. The lowest BCUT2D eigenvalue weighted by Crippen LogP contribution is -2.02. The zero-order valence-electron chi connectivity index (χ0n) is 19.8. The maximum Gasteiger partial charge on any atom is 0.269 e. The number of hydrogen-bond acceptors (Lipinski definition) is 5. The molecule has 0 aliphatic carbocycles. The zero-order chi connectivity index (χ0) is 25.5. The van der Waals surface area contributed by atoms with Crippen LogP contribution >= 0.6 is 0 Å². The first-order chi connectivity index (χ1) is 17.5. The smallest absolute Gasteiger partial charge is 0.269 e. The molecule has 6 nitrogen and oxygen atoms in total. The van der Waals surface area contributed by atoms with Crippen molar-refractivity contribution in [1.29, 1.82) is 5.26 Å². The molecule has 4 aromatic carbocycles. The number of nitro groups is 1. The maximum atomic E-state index is 10.9. The van der Waals surface area contributed by atoms with E-state index in [-0.39, 0.29) is 5.69 Å². The minimum absolute atomic E-state index is 0.0290. The predicted molar refractivity (Wildman–Crippen MR) is 142 cm³/mol. The number of benzene rings is 4. The molecule has 178 valence electrons. The summed E-state index contributed by atoms with van der Waals surface area (Å²) >= 11 is 0. The van der Waals surface area contributed by atoms with Crippen LogP contribution in [0.15, 0.2) is 91.5 Å². The van der Waals surface area contributed by atoms with Crippen LogP contribution < -0.4 is 9.47 Å². The molecule has 4 aromatic rings. The Morgan fingerprint density at radius 2 is 1.81 bits per heavy atom. The fraction of sp³-hybridized carbons (Fsp3) is 0.100. The highest BCUT2D eigenvalue weighted by Gasteiger charge is 2.14. The molecule has 6 heteroatoms. The molecule has 0 saturated heterocycles. The van der Waals surface area contributed by atoms with Gasteiger partial charge in [-0.15, -0.1) is 6.58 Å². The van der Waals surface area contributed by atoms with E-state index in [1.807, 2.05) is 36.4 Å². The zero-order valence-corrected chi connectivity index (χ0v) is 19.8. The van der Waals surface area contributed by atoms with Crippen LogP contribution in [0.5, 0.6) is 11.5 Å². The summed E-state index contributed by atoms with van der Waals surface area (Å²) in [6.07, 6.45) is 4.06. The maximum absolute atomic E-state index is 10.9. The predicted octanol–water partition coefficient (Wildman–Crippen LogP) is 7.13. The van der Waals surface area contributed by atoms with Crippen LogP contribution in [0.1, 0.15) is 22.3 Å². The van der Waals surface area contributed by atoms with Gasteiger partial charge in [-0.2, -0.15) is 5.26 Å². The lowest BCUT2D eigenvalue weighted by atomic mass is 10.0. The van der Waals surface area contributed by atoms with Gasteiger partial charge < -0.3 is 9.47 Å². The van der Waals surface area contributed by atoms with Crippen molar-refractivity contribution in [2.75, 3.05) is 7.11 Å². The van der Waals surface area contributed by atoms with E-state index in [1.54, 1.807) is 31.4 Å². The van der Waals surface area contributed by atoms with Crippen LogP contribution in [0, 0.1) is 21.4 Å². The van der Waals surface area contributed by atoms with Crippen LogP contribution in [0.3, 0.4) is 0 Å². The van der Waals surface area contributed by atoms with Crippen molar-refractivity contribution < 1.29 is 14.4 Å². The van der Waals surface area contributed by atoms with E-state index in [4.69, 9.17) is 9.47 Å². The molecule has 0 aliphatic heterocycles. The summed E-state index contributed by atoms with van der Waals surface area (Å²) < 4.78 is 12.0. The minimum Gasteiger partial charge on any atom is -0.493 e. The molecule has 0 aliphatic rings. The van der Waals surface area contributed by atoms with Crippen molar-refractivity contribution in [3.63, 3.8) is 0 Å². The number of rotatable bonds is 9. The standard InChI is InChI=1S/C30H24N2O4/c1-3-7-24-16-21(17-26(19-31)22-12-14-27(15-13-22)32(33)34)18-29(35-2)30(24)36-20-25-10-6-9-23-8-4-5-11-28(23)25/h3-6,8-18H,1,7,20H2,2H3/b26-17+. The highest BCUT2D eigenvalue weighted by atomic mass is 16.6. The minimum atomic E-state index is -0.469. The number of nitriles is 1. The normalized spacial score (nSPS) is 11.1. The number of nitrogens with zero attached hydrogens (tertiary/aromatic N) is 2. The van der Waals surface area contributed by atoms with Gasteiger partial charge in [0.2, 0.25) is 0 Å². The second-order valence-corrected chi connectivity index (χ2v) is 8.10. The van der Waals surface area contributed by atoms with E-state index in [2.05, 4.69) is 30.8 Å². The first-order valence-corrected chi connectivity index (χ1v) is 11.3. The van der Waals surface area contributed by atoms with Gasteiger partial charge in [0.15, 0.2) is 11.5 Å². The number of allylic oxidation sites excluding steroid dienone is 2. The molecular formula is C30H24N2O4. The molecule has 0 unspecified atom stereocenters. The average Bonchev–Trinajstić information content (AvgIpc) is 2.91. The molecular weight excluding hydrogens is 452 g/mol. The Hall–Kier alpha value is -4.89. The molecule has 0 spiro atoms. The van der Waals surface area contributed by atoms with Gasteiger partial charge in [0.05, 0.1) is 23.7 Å². The summed E-state index contributed by atoms with van der Waals surface area (Å²) in [5.41, 5.74) is 3.62. The van der Waals surface area contributed by atoms with Gasteiger partial charge >= 0.3 is 0 Å². The molecule has 0 bridgehead atoms. The van der Waals surface area contributed by atoms with Gasteiger partial charge in [-0.05, 0) is 64.2 Å². The summed E-state index contributed by atoms with van der Waals surface area (Å²) in [6.45, 7) is 4.23. The van der Waals surface area contributed by atoms with E-state index in [9.17, 15) is 15.4 Å². The van der Waals surface area contributed by atoms with Crippen molar-refractivity contribution in [2.45, 2.75) is 13.0 Å². The first kappa shape index (κ1) is 24.2. The Morgan fingerprint density at radius 3 is 2.50 bits per heavy atom. The van der Waals surface area contributed by atoms with E-state index >= 15 is 0 Å². The quantitative estimate of drug-likeness (QED) is 0.0843. The summed E-state index contributed by atoms with van der Waals surface area (Å²) in [4.78, 5) is 10.5. The number of non-ortho nitro benzene ring substituents is 1. The third-order valence-electron chi connectivity index (χ3n) is 5.81. The molecule has 0 N–H and O–H groups in total. The van der Waals surface area contributed by atoms with E-state index in [1.165, 1.54) is 12.1 Å². The summed E-state index contributed by atoms with van der Waals surface area (Å²) in [6, 6.07) is 26.1. The average molecular weight is 477 g/mol. The molecule has 0 saturated carbocycles. The SMILES string of the molecule is C=CCc1cc(/C=C(\C#N)c2ccc([N+](=O)[O-])cc2)cc(OC)c1OCc1cccc2ccccc12. The molecule has 0 aromatic heterocycles. The summed E-state index contributed by atoms with van der Waals surface area (Å²) in [5, 5.41) is 23.0. The fourth-order valence-electron chi connectivity index (χ4n) is 4.07. The monoisotopic (exact) mass is 476 g/mol. The summed E-state index contributed by atoms with van der Waals surface area (Å²) in [5.74, 6) is 1.16. The Labute approximate surface area is 209 Å². The topological polar surface area (TPSA) is 85.4 Å². The first-order valence-electron chi connectivity index (χ1n) is 11.3. The van der Waals surface area contributed by atoms with Gasteiger partial charge in [0.25, 0.3) is 5.69 Å². The number of fused-ring (bicyclic) bond motifs is 1. The Balaban J connectivity index is 1.69. The molecule has 0 atom stereocenters. The largest absolute Gasteiger partial charge is 0.493 e. The Morgan fingerprint density at radius 1 is 1.06 bits per heavy atom. The van der Waals surface area contributed by atoms with Gasteiger partial charge in [0.1, 0.15) is 6.61 Å². The van der Waals surface area contributed by atoms with E-state index < -0.39 is 4.92 Å². The molecule has 0 fully saturated rings. The lowest BCUT2D eigenvalue weighted by molar-refractivity contribution is -0.384. The lowest BCUT2D eigenvalue weighted by Gasteiger charge is -2.17. The second kappa shape index (κ2) is 11.0. The van der Waals surface area contributed by atoms with E-state index in [0.717, 1.165) is 27.5 Å². The van der Waals surface area contributed by atoms with Crippen LogP contribution in [0.2, 0.25) is 0 Å². The van der Waals surface area contributed by atoms with Gasteiger partial charge in [-0.3, -0.25) is 10.1 Å². The van der Waals surface area contributed by atoms with Crippen LogP contribution in [0.25, 0.3) is 22.4 Å². The van der Waals surface area contributed by atoms with Gasteiger partial charge in [-0.25, -0.2) is 0 Å².